The van der Waals surface area contributed by atoms with Crippen LogP contribution in [0, 0.1) is 0 Å². The van der Waals surface area contributed by atoms with Crippen LogP contribution in [0.15, 0.2) is 24.3 Å². The molecule has 1 N–H and O–H groups in total. The number of nitrogens with zero attached hydrogens (tertiary/aromatic N) is 2. The van der Waals surface area contributed by atoms with Gasteiger partial charge in [-0.2, -0.15) is 0 Å². The van der Waals surface area contributed by atoms with Crippen LogP contribution in [0.2, 0.25) is 0 Å². The van der Waals surface area contributed by atoms with Crippen LogP contribution in [0.1, 0.15) is 19.3 Å². The second-order valence-corrected chi connectivity index (χ2v) is 4.78. The minimum atomic E-state index is -0.754. The molecule has 4 heteroatoms. The lowest BCUT2D eigenvalue weighted by atomic mass is 10.2. The van der Waals surface area contributed by atoms with E-state index in [1.54, 1.807) is 0 Å². The minimum Gasteiger partial charge on any atom is -0.481 e. The fraction of sp³-hybridized carbons (Fsp3) is 0.500. The first-order valence-corrected chi connectivity index (χ1v) is 6.45. The Balaban J connectivity index is 1.95. The summed E-state index contributed by atoms with van der Waals surface area (Å²) in [6.45, 7) is 2.83. The summed E-state index contributed by atoms with van der Waals surface area (Å²) in [5.41, 5.74) is 2.34. The topological polar surface area (TPSA) is 43.8 Å². The summed E-state index contributed by atoms with van der Waals surface area (Å²) < 4.78 is 0. The normalized spacial score (nSPS) is 14.8. The lowest BCUT2D eigenvalue weighted by Gasteiger charge is -2.21. The molecule has 0 bridgehead atoms. The molecular weight excluding hydrogens is 228 g/mol. The zero-order valence-corrected chi connectivity index (χ0v) is 10.8. The van der Waals surface area contributed by atoms with Crippen LogP contribution in [0.4, 0.5) is 11.4 Å². The molecule has 98 valence electrons. The molecule has 1 aliphatic heterocycles. The quantitative estimate of drug-likeness (QED) is 0.867. The maximum absolute atomic E-state index is 10.5. The van der Waals surface area contributed by atoms with E-state index in [1.807, 2.05) is 11.9 Å². The summed E-state index contributed by atoms with van der Waals surface area (Å²) in [5.74, 6) is -0.754. The predicted octanol–water partition coefficient (Wildman–Crippen LogP) is 2.20. The molecule has 1 aromatic rings. The lowest BCUT2D eigenvalue weighted by molar-refractivity contribution is -0.136. The van der Waals surface area contributed by atoms with Crippen LogP contribution in [0.25, 0.3) is 0 Å². The zero-order valence-electron chi connectivity index (χ0n) is 10.8. The molecular formula is C14H20N2O2. The van der Waals surface area contributed by atoms with Crippen LogP contribution in [-0.2, 0) is 4.79 Å². The van der Waals surface area contributed by atoms with Crippen molar-refractivity contribution < 1.29 is 9.90 Å². The Bertz CT molecular complexity index is 397. The fourth-order valence-electron chi connectivity index (χ4n) is 2.29. The van der Waals surface area contributed by atoms with Crippen molar-refractivity contribution in [3.8, 4) is 0 Å². The van der Waals surface area contributed by atoms with Crippen molar-refractivity contribution in [1.82, 2.24) is 0 Å². The molecule has 2 rings (SSSR count). The van der Waals surface area contributed by atoms with Gasteiger partial charge in [0.25, 0.3) is 0 Å². The predicted molar refractivity (Wildman–Crippen MR) is 73.4 cm³/mol. The summed E-state index contributed by atoms with van der Waals surface area (Å²) >= 11 is 0. The Labute approximate surface area is 108 Å². The highest BCUT2D eigenvalue weighted by molar-refractivity contribution is 5.67. The Morgan fingerprint density at radius 1 is 1.28 bits per heavy atom. The SMILES string of the molecule is CN(CCC(=O)O)c1ccc(N2CCCC2)cc1. The first kappa shape index (κ1) is 12.7. The van der Waals surface area contributed by atoms with Gasteiger partial charge in [-0.15, -0.1) is 0 Å². The van der Waals surface area contributed by atoms with Crippen LogP contribution in [0.3, 0.4) is 0 Å². The van der Waals surface area contributed by atoms with E-state index in [4.69, 9.17) is 5.11 Å². The Morgan fingerprint density at radius 2 is 1.89 bits per heavy atom. The monoisotopic (exact) mass is 248 g/mol. The molecule has 0 unspecified atom stereocenters. The maximum Gasteiger partial charge on any atom is 0.305 e. The number of carboxylic acid groups (broad SMARTS) is 1. The molecule has 1 heterocycles. The standard InChI is InChI=1S/C14H20N2O2/c1-15(11-8-14(17)18)12-4-6-13(7-5-12)16-9-2-3-10-16/h4-7H,2-3,8-11H2,1H3,(H,17,18). The van der Waals surface area contributed by atoms with E-state index in [9.17, 15) is 4.79 Å². The van der Waals surface area contributed by atoms with Crippen molar-refractivity contribution in [2.75, 3.05) is 36.5 Å². The van der Waals surface area contributed by atoms with Crippen molar-refractivity contribution >= 4 is 17.3 Å². The van der Waals surface area contributed by atoms with Crippen LogP contribution in [0.5, 0.6) is 0 Å². The summed E-state index contributed by atoms with van der Waals surface area (Å²) in [6.07, 6.45) is 2.73. The van der Waals surface area contributed by atoms with Gasteiger partial charge < -0.3 is 14.9 Å². The molecule has 0 aromatic heterocycles. The lowest BCUT2D eigenvalue weighted by Crippen LogP contribution is -2.21. The van der Waals surface area contributed by atoms with E-state index in [2.05, 4.69) is 29.2 Å². The number of aliphatic carboxylic acids is 1. The van der Waals surface area contributed by atoms with Crippen molar-refractivity contribution in [2.45, 2.75) is 19.3 Å². The average molecular weight is 248 g/mol. The van der Waals surface area contributed by atoms with Gasteiger partial charge >= 0.3 is 5.97 Å². The number of benzene rings is 1. The van der Waals surface area contributed by atoms with Gasteiger partial charge in [-0.05, 0) is 37.1 Å². The van der Waals surface area contributed by atoms with Crippen molar-refractivity contribution in [3.63, 3.8) is 0 Å². The number of rotatable bonds is 5. The first-order chi connectivity index (χ1) is 8.66. The molecule has 0 atom stereocenters. The number of carboxylic acids is 1. The van der Waals surface area contributed by atoms with Crippen molar-refractivity contribution in [3.05, 3.63) is 24.3 Å². The fourth-order valence-corrected chi connectivity index (χ4v) is 2.29. The number of hydrogen-bond acceptors (Lipinski definition) is 3. The second kappa shape index (κ2) is 5.76. The van der Waals surface area contributed by atoms with E-state index >= 15 is 0 Å². The highest BCUT2D eigenvalue weighted by Crippen LogP contribution is 2.23. The third-order valence-electron chi connectivity index (χ3n) is 3.42. The van der Waals surface area contributed by atoms with Gasteiger partial charge in [0, 0.05) is 38.1 Å². The Kier molecular flexibility index (Phi) is 4.07. The molecule has 0 spiro atoms. The zero-order chi connectivity index (χ0) is 13.0. The Morgan fingerprint density at radius 3 is 2.44 bits per heavy atom. The Hall–Kier alpha value is -1.71. The molecule has 0 saturated carbocycles. The van der Waals surface area contributed by atoms with Gasteiger partial charge in [-0.1, -0.05) is 0 Å². The third kappa shape index (κ3) is 3.15. The van der Waals surface area contributed by atoms with E-state index < -0.39 is 5.97 Å². The third-order valence-corrected chi connectivity index (χ3v) is 3.42. The molecule has 4 nitrogen and oxygen atoms in total. The smallest absolute Gasteiger partial charge is 0.305 e. The molecule has 18 heavy (non-hydrogen) atoms. The van der Waals surface area contributed by atoms with Crippen molar-refractivity contribution in [2.24, 2.45) is 0 Å². The summed E-state index contributed by atoms with van der Waals surface area (Å²) in [6, 6.07) is 8.38. The molecule has 1 aliphatic rings. The van der Waals surface area contributed by atoms with Crippen LogP contribution >= 0.6 is 0 Å². The minimum absolute atomic E-state index is 0.171. The van der Waals surface area contributed by atoms with E-state index in [1.165, 1.54) is 18.5 Å². The second-order valence-electron chi connectivity index (χ2n) is 4.78. The van der Waals surface area contributed by atoms with Gasteiger partial charge in [0.1, 0.15) is 0 Å². The van der Waals surface area contributed by atoms with Crippen LogP contribution in [-0.4, -0.2) is 37.8 Å². The maximum atomic E-state index is 10.5. The summed E-state index contributed by atoms with van der Waals surface area (Å²) in [5, 5.41) is 8.66. The molecule has 0 radical (unpaired) electrons. The number of hydrogen-bond donors (Lipinski definition) is 1. The molecule has 0 aliphatic carbocycles. The molecule has 0 amide bonds. The van der Waals surface area contributed by atoms with Gasteiger partial charge in [0.15, 0.2) is 0 Å². The largest absolute Gasteiger partial charge is 0.481 e. The van der Waals surface area contributed by atoms with E-state index in [-0.39, 0.29) is 6.42 Å². The number of anilines is 2. The highest BCUT2D eigenvalue weighted by atomic mass is 16.4. The van der Waals surface area contributed by atoms with Gasteiger partial charge in [-0.3, -0.25) is 4.79 Å². The molecule has 1 fully saturated rings. The molecule has 1 aromatic carbocycles. The van der Waals surface area contributed by atoms with Crippen LogP contribution < -0.4 is 9.80 Å². The van der Waals surface area contributed by atoms with Crippen molar-refractivity contribution in [1.29, 1.82) is 0 Å². The van der Waals surface area contributed by atoms with Gasteiger partial charge in [0.2, 0.25) is 0 Å². The van der Waals surface area contributed by atoms with Gasteiger partial charge in [-0.25, -0.2) is 0 Å². The number of carbonyl (C=O) groups is 1. The average Bonchev–Trinajstić information content (AvgIpc) is 2.90. The molecule has 1 saturated heterocycles. The van der Waals surface area contributed by atoms with E-state index in [0.29, 0.717) is 6.54 Å². The summed E-state index contributed by atoms with van der Waals surface area (Å²) in [4.78, 5) is 14.9. The van der Waals surface area contributed by atoms with E-state index in [0.717, 1.165) is 18.8 Å². The van der Waals surface area contributed by atoms with Gasteiger partial charge in [0.05, 0.1) is 6.42 Å². The highest BCUT2D eigenvalue weighted by Gasteiger charge is 2.12. The summed E-state index contributed by atoms with van der Waals surface area (Å²) in [7, 11) is 1.92. The first-order valence-electron chi connectivity index (χ1n) is 6.45.